The summed E-state index contributed by atoms with van der Waals surface area (Å²) in [4.78, 5) is 0. The molecule has 2 N–H and O–H groups in total. The molecule has 0 amide bonds. The maximum atomic E-state index is 5.85. The zero-order valence-electron chi connectivity index (χ0n) is 6.86. The van der Waals surface area contributed by atoms with Crippen LogP contribution < -0.4 is 5.73 Å². The van der Waals surface area contributed by atoms with Crippen LogP contribution in [0, 0.1) is 5.41 Å². The van der Waals surface area contributed by atoms with Crippen molar-refractivity contribution in [2.24, 2.45) is 11.1 Å². The molecule has 0 aliphatic rings. The molecule has 0 saturated carbocycles. The van der Waals surface area contributed by atoms with Crippen LogP contribution in [-0.2, 0) is 0 Å². The minimum Gasteiger partial charge on any atom is -0.325 e. The van der Waals surface area contributed by atoms with Crippen molar-refractivity contribution in [1.29, 1.82) is 0 Å². The molecule has 0 saturated heterocycles. The van der Waals surface area contributed by atoms with Crippen LogP contribution in [0.3, 0.4) is 0 Å². The average molecular weight is 127 g/mol. The number of nitrogens with two attached hydrogens (primary N) is 1. The molecule has 0 rings (SSSR count). The molecule has 0 aromatic rings. The van der Waals surface area contributed by atoms with Gasteiger partial charge in [-0.1, -0.05) is 19.9 Å². The van der Waals surface area contributed by atoms with Gasteiger partial charge < -0.3 is 5.73 Å². The highest BCUT2D eigenvalue weighted by molar-refractivity contribution is 5.01. The first-order valence-corrected chi connectivity index (χ1v) is 3.24. The minimum atomic E-state index is -0.172. The molecule has 0 aromatic carbocycles. The quantitative estimate of drug-likeness (QED) is 0.564. The minimum absolute atomic E-state index is 0.0208. The van der Waals surface area contributed by atoms with Crippen molar-refractivity contribution in [2.45, 2.75) is 33.2 Å². The molecule has 0 spiro atoms. The van der Waals surface area contributed by atoms with E-state index < -0.39 is 0 Å². The van der Waals surface area contributed by atoms with Crippen molar-refractivity contribution < 1.29 is 0 Å². The summed E-state index contributed by atoms with van der Waals surface area (Å²) in [7, 11) is 0. The van der Waals surface area contributed by atoms with Crippen molar-refractivity contribution in [3.63, 3.8) is 0 Å². The Morgan fingerprint density at radius 3 is 1.56 bits per heavy atom. The fourth-order valence-corrected chi connectivity index (χ4v) is 0.263. The molecular weight excluding hydrogens is 110 g/mol. The van der Waals surface area contributed by atoms with E-state index in [9.17, 15) is 0 Å². The van der Waals surface area contributed by atoms with Gasteiger partial charge >= 0.3 is 0 Å². The normalized spacial score (nSPS) is 13.4. The fourth-order valence-electron chi connectivity index (χ4n) is 0.263. The van der Waals surface area contributed by atoms with Crippen LogP contribution in [0.15, 0.2) is 12.7 Å². The largest absolute Gasteiger partial charge is 0.325 e. The number of hydrogen-bond donors (Lipinski definition) is 1. The van der Waals surface area contributed by atoms with Crippen molar-refractivity contribution in [1.82, 2.24) is 0 Å². The topological polar surface area (TPSA) is 26.0 Å². The molecule has 54 valence electrons. The molecule has 1 nitrogen and oxygen atoms in total. The Morgan fingerprint density at radius 1 is 1.22 bits per heavy atom. The predicted octanol–water partition coefficient (Wildman–Crippen LogP) is 1.94. The Kier molecular flexibility index (Phi) is 2.07. The van der Waals surface area contributed by atoms with Crippen LogP contribution in [0.5, 0.6) is 0 Å². The highest BCUT2D eigenvalue weighted by atomic mass is 14.7. The lowest BCUT2D eigenvalue weighted by atomic mass is 9.75. The summed E-state index contributed by atoms with van der Waals surface area (Å²) >= 11 is 0. The Morgan fingerprint density at radius 2 is 1.56 bits per heavy atom. The van der Waals surface area contributed by atoms with Crippen molar-refractivity contribution in [3.8, 4) is 0 Å². The SMILES string of the molecule is C=CC(C)(C)C(C)(C)N. The molecule has 1 heteroatoms. The van der Waals surface area contributed by atoms with Gasteiger partial charge in [0.05, 0.1) is 0 Å². The van der Waals surface area contributed by atoms with Gasteiger partial charge in [-0.15, -0.1) is 6.58 Å². The predicted molar refractivity (Wildman–Crippen MR) is 42.2 cm³/mol. The lowest BCUT2D eigenvalue weighted by Gasteiger charge is -2.35. The lowest BCUT2D eigenvalue weighted by Crippen LogP contribution is -2.45. The summed E-state index contributed by atoms with van der Waals surface area (Å²) in [6.07, 6.45) is 1.90. The number of hydrogen-bond acceptors (Lipinski definition) is 1. The molecule has 0 aliphatic heterocycles. The van der Waals surface area contributed by atoms with Crippen LogP contribution in [0.2, 0.25) is 0 Å². The maximum Gasteiger partial charge on any atom is 0.0183 e. The summed E-state index contributed by atoms with van der Waals surface area (Å²) in [5.41, 5.74) is 5.70. The standard InChI is InChI=1S/C8H17N/c1-6-7(2,3)8(4,5)9/h6H,1,9H2,2-5H3. The van der Waals surface area contributed by atoms with Gasteiger partial charge in [0.1, 0.15) is 0 Å². The highest BCUT2D eigenvalue weighted by Crippen LogP contribution is 2.28. The van der Waals surface area contributed by atoms with Crippen LogP contribution >= 0.6 is 0 Å². The summed E-state index contributed by atoms with van der Waals surface area (Å²) in [5, 5.41) is 0. The molecule has 0 heterocycles. The lowest BCUT2D eigenvalue weighted by molar-refractivity contribution is 0.272. The van der Waals surface area contributed by atoms with Crippen molar-refractivity contribution >= 4 is 0 Å². The summed E-state index contributed by atoms with van der Waals surface area (Å²) in [6.45, 7) is 11.9. The molecule has 0 aliphatic carbocycles. The maximum absolute atomic E-state index is 5.85. The molecule has 0 unspecified atom stereocenters. The van der Waals surface area contributed by atoms with Crippen LogP contribution in [0.25, 0.3) is 0 Å². The Hall–Kier alpha value is -0.300. The van der Waals surface area contributed by atoms with E-state index in [2.05, 4.69) is 20.4 Å². The van der Waals surface area contributed by atoms with E-state index in [-0.39, 0.29) is 11.0 Å². The molecular formula is C8H17N. The molecule has 0 fully saturated rings. The van der Waals surface area contributed by atoms with E-state index in [1.54, 1.807) is 0 Å². The summed E-state index contributed by atoms with van der Waals surface area (Å²) in [6, 6.07) is 0. The van der Waals surface area contributed by atoms with Gasteiger partial charge in [0.15, 0.2) is 0 Å². The fraction of sp³-hybridized carbons (Fsp3) is 0.750. The first kappa shape index (κ1) is 8.70. The van der Waals surface area contributed by atoms with Gasteiger partial charge in [-0.05, 0) is 19.3 Å². The Balaban J connectivity index is 4.32. The zero-order valence-corrected chi connectivity index (χ0v) is 6.86. The van der Waals surface area contributed by atoms with Crippen molar-refractivity contribution in [2.75, 3.05) is 0 Å². The van der Waals surface area contributed by atoms with Gasteiger partial charge in [-0.2, -0.15) is 0 Å². The second-order valence-electron chi connectivity index (χ2n) is 3.65. The average Bonchev–Trinajstić information content (AvgIpc) is 1.64. The van der Waals surface area contributed by atoms with Crippen LogP contribution in [0.1, 0.15) is 27.7 Å². The molecule has 0 aromatic heterocycles. The Bertz CT molecular complexity index is 106. The van der Waals surface area contributed by atoms with E-state index in [1.165, 1.54) is 0 Å². The zero-order chi connectivity index (χ0) is 7.71. The van der Waals surface area contributed by atoms with Gasteiger partial charge in [0.25, 0.3) is 0 Å². The van der Waals surface area contributed by atoms with E-state index in [0.717, 1.165) is 0 Å². The smallest absolute Gasteiger partial charge is 0.0183 e. The summed E-state index contributed by atoms with van der Waals surface area (Å²) in [5.74, 6) is 0. The van der Waals surface area contributed by atoms with E-state index in [1.807, 2.05) is 19.9 Å². The second kappa shape index (κ2) is 2.14. The van der Waals surface area contributed by atoms with Gasteiger partial charge in [-0.25, -0.2) is 0 Å². The number of rotatable bonds is 2. The van der Waals surface area contributed by atoms with Crippen LogP contribution in [0.4, 0.5) is 0 Å². The molecule has 0 bridgehead atoms. The highest BCUT2D eigenvalue weighted by Gasteiger charge is 2.29. The molecule has 0 atom stereocenters. The monoisotopic (exact) mass is 127 g/mol. The third-order valence-electron chi connectivity index (χ3n) is 2.17. The first-order valence-electron chi connectivity index (χ1n) is 3.24. The van der Waals surface area contributed by atoms with Crippen LogP contribution in [-0.4, -0.2) is 5.54 Å². The first-order chi connectivity index (χ1) is 3.81. The van der Waals surface area contributed by atoms with Gasteiger partial charge in [-0.3, -0.25) is 0 Å². The Labute approximate surface area is 57.9 Å². The molecule has 0 radical (unpaired) electrons. The summed E-state index contributed by atoms with van der Waals surface area (Å²) < 4.78 is 0. The second-order valence-corrected chi connectivity index (χ2v) is 3.65. The third kappa shape index (κ3) is 1.83. The van der Waals surface area contributed by atoms with E-state index in [0.29, 0.717) is 0 Å². The van der Waals surface area contributed by atoms with Gasteiger partial charge in [0.2, 0.25) is 0 Å². The van der Waals surface area contributed by atoms with Crippen molar-refractivity contribution in [3.05, 3.63) is 12.7 Å². The van der Waals surface area contributed by atoms with Gasteiger partial charge in [0, 0.05) is 5.54 Å². The third-order valence-corrected chi connectivity index (χ3v) is 2.17. The van der Waals surface area contributed by atoms with E-state index in [4.69, 9.17) is 5.73 Å². The molecule has 9 heavy (non-hydrogen) atoms. The van der Waals surface area contributed by atoms with E-state index >= 15 is 0 Å².